The first-order valence-corrected chi connectivity index (χ1v) is 6.05. The molecule has 2 aromatic rings. The molecule has 1 heterocycles. The highest BCUT2D eigenvalue weighted by molar-refractivity contribution is 9.10. The van der Waals surface area contributed by atoms with Crippen LogP contribution in [-0.4, -0.2) is 6.79 Å². The van der Waals surface area contributed by atoms with Crippen molar-refractivity contribution in [3.63, 3.8) is 0 Å². The Morgan fingerprint density at radius 1 is 1.06 bits per heavy atom. The minimum absolute atomic E-state index is 0.0357. The molecule has 5 heteroatoms. The first-order chi connectivity index (χ1) is 8.74. The van der Waals surface area contributed by atoms with Gasteiger partial charge in [0.15, 0.2) is 11.5 Å². The molecule has 0 amide bonds. The first kappa shape index (κ1) is 11.3. The predicted molar refractivity (Wildman–Crippen MR) is 66.7 cm³/mol. The number of ether oxygens (including phenoxy) is 3. The van der Waals surface area contributed by atoms with E-state index in [1.54, 1.807) is 18.2 Å². The van der Waals surface area contributed by atoms with Crippen LogP contribution in [-0.2, 0) is 0 Å². The van der Waals surface area contributed by atoms with Gasteiger partial charge in [-0.05, 0) is 36.4 Å². The van der Waals surface area contributed by atoms with Crippen LogP contribution in [0.3, 0.4) is 0 Å². The van der Waals surface area contributed by atoms with E-state index in [1.807, 2.05) is 12.1 Å². The monoisotopic (exact) mass is 310 g/mol. The Bertz CT molecular complexity index is 584. The minimum Gasteiger partial charge on any atom is -0.454 e. The van der Waals surface area contributed by atoms with Gasteiger partial charge in [-0.2, -0.15) is 4.39 Å². The van der Waals surface area contributed by atoms with E-state index < -0.39 is 5.82 Å². The third-order valence-electron chi connectivity index (χ3n) is 2.48. The molecular formula is C13H8BrFO3. The summed E-state index contributed by atoms with van der Waals surface area (Å²) in [7, 11) is 0. The molecular weight excluding hydrogens is 303 g/mol. The van der Waals surface area contributed by atoms with Gasteiger partial charge in [-0.25, -0.2) is 0 Å². The fourth-order valence-corrected chi connectivity index (χ4v) is 1.89. The van der Waals surface area contributed by atoms with Crippen molar-refractivity contribution in [2.24, 2.45) is 0 Å². The molecule has 2 aromatic carbocycles. The number of rotatable bonds is 2. The molecule has 92 valence electrons. The Morgan fingerprint density at radius 3 is 2.61 bits per heavy atom. The second kappa shape index (κ2) is 4.49. The molecule has 18 heavy (non-hydrogen) atoms. The third kappa shape index (κ3) is 2.01. The van der Waals surface area contributed by atoms with Gasteiger partial charge < -0.3 is 14.2 Å². The van der Waals surface area contributed by atoms with E-state index in [1.165, 1.54) is 6.07 Å². The van der Waals surface area contributed by atoms with Gasteiger partial charge in [-0.3, -0.25) is 0 Å². The Balaban J connectivity index is 1.91. The fraction of sp³-hybridized carbons (Fsp3) is 0.0769. The van der Waals surface area contributed by atoms with Crippen LogP contribution >= 0.6 is 15.9 Å². The van der Waals surface area contributed by atoms with E-state index in [9.17, 15) is 4.39 Å². The second-order valence-corrected chi connectivity index (χ2v) is 4.58. The van der Waals surface area contributed by atoms with Crippen molar-refractivity contribution in [1.29, 1.82) is 0 Å². The van der Waals surface area contributed by atoms with Gasteiger partial charge in [0.2, 0.25) is 18.4 Å². The molecule has 0 fully saturated rings. The zero-order chi connectivity index (χ0) is 12.5. The van der Waals surface area contributed by atoms with E-state index in [0.29, 0.717) is 11.5 Å². The summed E-state index contributed by atoms with van der Waals surface area (Å²) in [5, 5.41) is 0. The van der Waals surface area contributed by atoms with Crippen LogP contribution in [0.1, 0.15) is 0 Å². The maximum atomic E-state index is 14.0. The Hall–Kier alpha value is -1.75. The van der Waals surface area contributed by atoms with Crippen LogP contribution in [0.4, 0.5) is 4.39 Å². The minimum atomic E-state index is -0.548. The van der Waals surface area contributed by atoms with E-state index >= 15 is 0 Å². The van der Waals surface area contributed by atoms with Crippen molar-refractivity contribution in [2.75, 3.05) is 6.79 Å². The fourth-order valence-electron chi connectivity index (χ4n) is 1.63. The van der Waals surface area contributed by atoms with Crippen LogP contribution in [0.15, 0.2) is 40.9 Å². The SMILES string of the molecule is Fc1c(Oc2ccc(Br)cc2)ccc2c1OCO2. The molecule has 0 radical (unpaired) electrons. The number of hydrogen-bond acceptors (Lipinski definition) is 3. The number of fused-ring (bicyclic) bond motifs is 1. The molecule has 3 nitrogen and oxygen atoms in total. The smallest absolute Gasteiger partial charge is 0.231 e. The molecule has 0 bridgehead atoms. The van der Waals surface area contributed by atoms with Crippen molar-refractivity contribution >= 4 is 15.9 Å². The zero-order valence-electron chi connectivity index (χ0n) is 9.15. The molecule has 0 atom stereocenters. The van der Waals surface area contributed by atoms with Crippen molar-refractivity contribution in [2.45, 2.75) is 0 Å². The summed E-state index contributed by atoms with van der Waals surface area (Å²) in [6.45, 7) is 0.0357. The van der Waals surface area contributed by atoms with E-state index in [0.717, 1.165) is 4.47 Å². The normalized spacial score (nSPS) is 12.6. The molecule has 1 aliphatic rings. The molecule has 0 saturated heterocycles. The largest absolute Gasteiger partial charge is 0.454 e. The molecule has 0 aliphatic carbocycles. The standard InChI is InChI=1S/C13H8BrFO3/c14-8-1-3-9(4-2-8)18-10-5-6-11-13(12(10)15)17-7-16-11/h1-6H,7H2. The van der Waals surface area contributed by atoms with Crippen LogP contribution in [0.5, 0.6) is 23.0 Å². The maximum absolute atomic E-state index is 14.0. The molecule has 0 saturated carbocycles. The molecule has 0 N–H and O–H groups in total. The Kier molecular flexibility index (Phi) is 2.83. The van der Waals surface area contributed by atoms with Gasteiger partial charge >= 0.3 is 0 Å². The average Bonchev–Trinajstić information content (AvgIpc) is 2.84. The molecule has 1 aliphatic heterocycles. The summed E-state index contributed by atoms with van der Waals surface area (Å²) in [5.74, 6) is 0.616. The van der Waals surface area contributed by atoms with Crippen LogP contribution in [0, 0.1) is 5.82 Å². The van der Waals surface area contributed by atoms with E-state index in [-0.39, 0.29) is 18.3 Å². The summed E-state index contributed by atoms with van der Waals surface area (Å²) >= 11 is 3.32. The predicted octanol–water partition coefficient (Wildman–Crippen LogP) is 4.11. The zero-order valence-corrected chi connectivity index (χ0v) is 10.7. The summed E-state index contributed by atoms with van der Waals surface area (Å²) in [6.07, 6.45) is 0. The van der Waals surface area contributed by atoms with Gasteiger partial charge in [0, 0.05) is 4.47 Å². The maximum Gasteiger partial charge on any atom is 0.231 e. The lowest BCUT2D eigenvalue weighted by Gasteiger charge is -2.08. The van der Waals surface area contributed by atoms with Crippen molar-refractivity contribution < 1.29 is 18.6 Å². The number of halogens is 2. The van der Waals surface area contributed by atoms with E-state index in [4.69, 9.17) is 14.2 Å². The van der Waals surface area contributed by atoms with Crippen molar-refractivity contribution in [3.8, 4) is 23.0 Å². The first-order valence-electron chi connectivity index (χ1n) is 5.25. The van der Waals surface area contributed by atoms with E-state index in [2.05, 4.69) is 15.9 Å². The highest BCUT2D eigenvalue weighted by atomic mass is 79.9. The molecule has 0 aromatic heterocycles. The van der Waals surface area contributed by atoms with Gasteiger partial charge in [-0.1, -0.05) is 15.9 Å². The number of hydrogen-bond donors (Lipinski definition) is 0. The quantitative estimate of drug-likeness (QED) is 0.835. The lowest BCUT2D eigenvalue weighted by atomic mass is 10.3. The second-order valence-electron chi connectivity index (χ2n) is 3.67. The third-order valence-corrected chi connectivity index (χ3v) is 3.01. The van der Waals surface area contributed by atoms with Gasteiger partial charge in [0.05, 0.1) is 0 Å². The lowest BCUT2D eigenvalue weighted by molar-refractivity contribution is 0.170. The van der Waals surface area contributed by atoms with Gasteiger partial charge in [0.1, 0.15) is 5.75 Å². The highest BCUT2D eigenvalue weighted by Crippen LogP contribution is 2.40. The van der Waals surface area contributed by atoms with Crippen LogP contribution < -0.4 is 14.2 Å². The lowest BCUT2D eigenvalue weighted by Crippen LogP contribution is -1.94. The van der Waals surface area contributed by atoms with Crippen molar-refractivity contribution in [3.05, 3.63) is 46.7 Å². The number of benzene rings is 2. The molecule has 0 unspecified atom stereocenters. The topological polar surface area (TPSA) is 27.7 Å². The average molecular weight is 311 g/mol. The van der Waals surface area contributed by atoms with Gasteiger partial charge in [-0.15, -0.1) is 0 Å². The summed E-state index contributed by atoms with van der Waals surface area (Å²) in [4.78, 5) is 0. The summed E-state index contributed by atoms with van der Waals surface area (Å²) in [6, 6.07) is 10.3. The molecule has 3 rings (SSSR count). The highest BCUT2D eigenvalue weighted by Gasteiger charge is 2.22. The Labute approximate surface area is 111 Å². The van der Waals surface area contributed by atoms with Crippen molar-refractivity contribution in [1.82, 2.24) is 0 Å². The molecule has 0 spiro atoms. The van der Waals surface area contributed by atoms with Gasteiger partial charge in [0.25, 0.3) is 0 Å². The summed E-state index contributed by atoms with van der Waals surface area (Å²) < 4.78 is 30.5. The Morgan fingerprint density at radius 2 is 1.83 bits per heavy atom. The summed E-state index contributed by atoms with van der Waals surface area (Å²) in [5.41, 5.74) is 0. The van der Waals surface area contributed by atoms with Crippen LogP contribution in [0.2, 0.25) is 0 Å². The van der Waals surface area contributed by atoms with Crippen LogP contribution in [0.25, 0.3) is 0 Å².